The van der Waals surface area contributed by atoms with Crippen LogP contribution in [0.5, 0.6) is 0 Å². The van der Waals surface area contributed by atoms with Crippen LogP contribution in [0, 0.1) is 5.92 Å². The Morgan fingerprint density at radius 3 is 2.76 bits per heavy atom. The van der Waals surface area contributed by atoms with E-state index >= 15 is 0 Å². The van der Waals surface area contributed by atoms with Gasteiger partial charge in [0.05, 0.1) is 42.0 Å². The van der Waals surface area contributed by atoms with Crippen LogP contribution in [0.3, 0.4) is 0 Å². The number of hydrogen-bond acceptors (Lipinski definition) is 8. The number of nitrogens with zero attached hydrogens (tertiary/aromatic N) is 3. The average molecular weight is 559 g/mol. The minimum absolute atomic E-state index is 0.108. The molecule has 0 bridgehead atoms. The third-order valence-corrected chi connectivity index (χ3v) is 7.16. The summed E-state index contributed by atoms with van der Waals surface area (Å²) in [6, 6.07) is 9.55. The van der Waals surface area contributed by atoms with Crippen LogP contribution in [0.2, 0.25) is 0 Å². The fourth-order valence-electron chi connectivity index (χ4n) is 5.42. The smallest absolute Gasteiger partial charge is 0.407 e. The number of piperidine rings is 1. The molecular formula is C31H38N6O4. The number of rotatable bonds is 5. The van der Waals surface area contributed by atoms with E-state index in [1.54, 1.807) is 18.5 Å². The van der Waals surface area contributed by atoms with Crippen molar-refractivity contribution >= 4 is 45.5 Å². The summed E-state index contributed by atoms with van der Waals surface area (Å²) >= 11 is 0. The second kappa shape index (κ2) is 11.7. The first-order valence-electron chi connectivity index (χ1n) is 14.0. The first-order chi connectivity index (χ1) is 19.6. The van der Waals surface area contributed by atoms with Crippen LogP contribution in [-0.2, 0) is 9.47 Å². The fourth-order valence-corrected chi connectivity index (χ4v) is 5.42. The molecule has 1 fully saturated rings. The summed E-state index contributed by atoms with van der Waals surface area (Å²) in [4.78, 5) is 37.0. The number of benzene rings is 1. The fraction of sp³-hybridized carbons (Fsp3) is 0.419. The van der Waals surface area contributed by atoms with Gasteiger partial charge in [-0.15, -0.1) is 0 Å². The maximum absolute atomic E-state index is 13.5. The Balaban J connectivity index is 1.36. The van der Waals surface area contributed by atoms with Gasteiger partial charge in [0, 0.05) is 30.7 Å². The van der Waals surface area contributed by atoms with Gasteiger partial charge in [0.25, 0.3) is 5.91 Å². The van der Waals surface area contributed by atoms with Crippen molar-refractivity contribution in [1.82, 2.24) is 15.3 Å². The van der Waals surface area contributed by atoms with Gasteiger partial charge in [-0.3, -0.25) is 9.78 Å². The normalized spacial score (nSPS) is 19.4. The molecule has 216 valence electrons. The summed E-state index contributed by atoms with van der Waals surface area (Å²) in [5.41, 5.74) is 10.5. The molecule has 4 heterocycles. The lowest BCUT2D eigenvalue weighted by Gasteiger charge is -2.39. The number of carbonyl (C=O) groups is 2. The maximum Gasteiger partial charge on any atom is 0.407 e. The number of hydrogen-bond donors (Lipinski definition) is 3. The van der Waals surface area contributed by atoms with Gasteiger partial charge in [-0.1, -0.05) is 25.1 Å². The molecule has 2 aliphatic heterocycles. The van der Waals surface area contributed by atoms with Crippen molar-refractivity contribution in [3.05, 3.63) is 60.1 Å². The Bertz CT molecular complexity index is 1480. The van der Waals surface area contributed by atoms with Crippen molar-refractivity contribution in [3.63, 3.8) is 0 Å². The number of pyridine rings is 2. The lowest BCUT2D eigenvalue weighted by atomic mass is 9.95. The molecule has 5 rings (SSSR count). The molecular weight excluding hydrogens is 520 g/mol. The minimum Gasteiger partial charge on any atom is -0.444 e. The number of carbonyl (C=O) groups excluding carboxylic acids is 2. The third-order valence-electron chi connectivity index (χ3n) is 7.16. The van der Waals surface area contributed by atoms with Gasteiger partial charge in [0.15, 0.2) is 5.69 Å². The van der Waals surface area contributed by atoms with Crippen molar-refractivity contribution in [3.8, 4) is 0 Å². The minimum atomic E-state index is -0.574. The largest absolute Gasteiger partial charge is 0.444 e. The van der Waals surface area contributed by atoms with Crippen molar-refractivity contribution in [1.29, 1.82) is 0 Å². The van der Waals surface area contributed by atoms with E-state index in [2.05, 4.69) is 38.5 Å². The molecule has 0 radical (unpaired) electrons. The van der Waals surface area contributed by atoms with Crippen LogP contribution in [0.15, 0.2) is 48.8 Å². The maximum atomic E-state index is 13.5. The lowest BCUT2D eigenvalue weighted by Crippen LogP contribution is -2.51. The first-order valence-corrected chi connectivity index (χ1v) is 14.0. The highest BCUT2D eigenvalue weighted by Crippen LogP contribution is 2.31. The van der Waals surface area contributed by atoms with E-state index in [1.807, 2.05) is 45.0 Å². The molecule has 0 spiro atoms. The predicted octanol–water partition coefficient (Wildman–Crippen LogP) is 5.01. The SMILES string of the molecule is C[C@@H]1C[C@H](NC(=O)OC(C)(C)C)CN(c2ccncc2NC(=O)c2nc3cc(C4=CCOCC4)ccc3cc2N)C1. The van der Waals surface area contributed by atoms with E-state index in [9.17, 15) is 9.59 Å². The Morgan fingerprint density at radius 1 is 1.17 bits per heavy atom. The number of amides is 2. The van der Waals surface area contributed by atoms with Crippen LogP contribution >= 0.6 is 0 Å². The Kier molecular flexibility index (Phi) is 8.12. The van der Waals surface area contributed by atoms with Crippen LogP contribution in [0.1, 0.15) is 56.6 Å². The summed E-state index contributed by atoms with van der Waals surface area (Å²) in [7, 11) is 0. The van der Waals surface area contributed by atoms with Gasteiger partial charge >= 0.3 is 6.09 Å². The molecule has 2 amide bonds. The zero-order valence-electron chi connectivity index (χ0n) is 24.1. The van der Waals surface area contributed by atoms with E-state index < -0.39 is 17.6 Å². The van der Waals surface area contributed by atoms with E-state index in [0.717, 1.165) is 36.0 Å². The van der Waals surface area contributed by atoms with Gasteiger partial charge in [-0.2, -0.15) is 0 Å². The topological polar surface area (TPSA) is 132 Å². The Hall–Kier alpha value is -4.18. The molecule has 2 atom stereocenters. The van der Waals surface area contributed by atoms with Gasteiger partial charge in [-0.05, 0) is 68.9 Å². The number of fused-ring (bicyclic) bond motifs is 1. The van der Waals surface area contributed by atoms with Crippen LogP contribution < -0.4 is 21.3 Å². The second-order valence-electron chi connectivity index (χ2n) is 11.8. The monoisotopic (exact) mass is 558 g/mol. The van der Waals surface area contributed by atoms with Gasteiger partial charge in [-0.25, -0.2) is 9.78 Å². The van der Waals surface area contributed by atoms with Crippen molar-refractivity contribution < 1.29 is 19.1 Å². The number of anilines is 3. The van der Waals surface area contributed by atoms with Crippen LogP contribution in [-0.4, -0.2) is 59.9 Å². The van der Waals surface area contributed by atoms with Crippen molar-refractivity contribution in [2.75, 3.05) is 42.3 Å². The summed E-state index contributed by atoms with van der Waals surface area (Å²) in [6.07, 6.45) is 6.61. The number of nitrogens with two attached hydrogens (primary N) is 1. The summed E-state index contributed by atoms with van der Waals surface area (Å²) in [5, 5.41) is 6.85. The molecule has 41 heavy (non-hydrogen) atoms. The van der Waals surface area contributed by atoms with Crippen molar-refractivity contribution in [2.24, 2.45) is 5.92 Å². The van der Waals surface area contributed by atoms with E-state index in [4.69, 9.17) is 15.2 Å². The molecule has 0 aliphatic carbocycles. The van der Waals surface area contributed by atoms with Crippen LogP contribution in [0.4, 0.5) is 21.9 Å². The zero-order chi connectivity index (χ0) is 29.1. The Labute approximate surface area is 240 Å². The number of ether oxygens (including phenoxy) is 2. The zero-order valence-corrected chi connectivity index (χ0v) is 24.1. The highest BCUT2D eigenvalue weighted by atomic mass is 16.6. The molecule has 3 aromatic rings. The molecule has 10 nitrogen and oxygen atoms in total. The molecule has 2 aliphatic rings. The molecule has 1 aromatic carbocycles. The molecule has 0 unspecified atom stereocenters. The average Bonchev–Trinajstić information content (AvgIpc) is 2.91. The number of nitrogen functional groups attached to an aromatic ring is 1. The third kappa shape index (κ3) is 6.94. The van der Waals surface area contributed by atoms with Gasteiger partial charge in [0.2, 0.25) is 0 Å². The van der Waals surface area contributed by atoms with Gasteiger partial charge < -0.3 is 30.7 Å². The highest BCUT2D eigenvalue weighted by molar-refractivity contribution is 6.09. The Morgan fingerprint density at radius 2 is 2.00 bits per heavy atom. The summed E-state index contributed by atoms with van der Waals surface area (Å²) in [5.74, 6) is -0.110. The van der Waals surface area contributed by atoms with Crippen LogP contribution in [0.25, 0.3) is 16.5 Å². The van der Waals surface area contributed by atoms with Crippen molar-refractivity contribution in [2.45, 2.75) is 52.2 Å². The molecule has 10 heteroatoms. The number of aromatic nitrogens is 2. The van der Waals surface area contributed by atoms with E-state index in [0.29, 0.717) is 42.6 Å². The molecule has 4 N–H and O–H groups in total. The molecule has 1 saturated heterocycles. The van der Waals surface area contributed by atoms with Gasteiger partial charge in [0.1, 0.15) is 5.60 Å². The quantitative estimate of drug-likeness (QED) is 0.398. The van der Waals surface area contributed by atoms with E-state index in [-0.39, 0.29) is 11.7 Å². The number of alkyl carbamates (subject to hydrolysis) is 1. The summed E-state index contributed by atoms with van der Waals surface area (Å²) in [6.45, 7) is 10.3. The van der Waals surface area contributed by atoms with E-state index in [1.165, 1.54) is 5.57 Å². The highest BCUT2D eigenvalue weighted by Gasteiger charge is 2.29. The summed E-state index contributed by atoms with van der Waals surface area (Å²) < 4.78 is 10.9. The predicted molar refractivity (Wildman–Crippen MR) is 161 cm³/mol. The standard InChI is InChI=1S/C31H38N6O4/c1-19-13-23(34-30(39)41-31(2,3)4)18-37(17-19)27-7-10-33-16-26(27)36-29(38)28-24(32)14-22-6-5-21(15-25(22)35-28)20-8-11-40-12-9-20/h5-8,10,14-16,19,23H,9,11-13,17-18,32H2,1-4H3,(H,34,39)(H,36,38)/t19-,23+/m1/s1. The second-order valence-corrected chi connectivity index (χ2v) is 11.8. The number of nitrogens with one attached hydrogen (secondary N) is 2. The first kappa shape index (κ1) is 28.4. The lowest BCUT2D eigenvalue weighted by molar-refractivity contribution is 0.0495. The molecule has 2 aromatic heterocycles. The molecule has 0 saturated carbocycles.